The predicted octanol–water partition coefficient (Wildman–Crippen LogP) is 2.27. The van der Waals surface area contributed by atoms with Gasteiger partial charge in [0.1, 0.15) is 0 Å². The van der Waals surface area contributed by atoms with Crippen LogP contribution in [0.3, 0.4) is 0 Å². The van der Waals surface area contributed by atoms with Crippen LogP contribution in [-0.4, -0.2) is 36.5 Å². The number of amides is 1. The normalized spacial score (nSPS) is 37.3. The van der Waals surface area contributed by atoms with Gasteiger partial charge in [0.05, 0.1) is 5.41 Å². The van der Waals surface area contributed by atoms with Crippen LogP contribution in [0.1, 0.15) is 47.0 Å². The average Bonchev–Trinajstić information content (AvgIpc) is 2.78. The summed E-state index contributed by atoms with van der Waals surface area (Å²) < 4.78 is 0. The van der Waals surface area contributed by atoms with Crippen molar-refractivity contribution in [3.63, 3.8) is 0 Å². The van der Waals surface area contributed by atoms with Gasteiger partial charge in [-0.2, -0.15) is 0 Å². The molecule has 2 aliphatic heterocycles. The van der Waals surface area contributed by atoms with E-state index in [-0.39, 0.29) is 5.41 Å². The SMILES string of the molecule is CC1CCN(C(=O)C2(C(C)C)CCNC2)C(C)C1. The first kappa shape index (κ1) is 13.9. The molecule has 3 heteroatoms. The summed E-state index contributed by atoms with van der Waals surface area (Å²) in [5.41, 5.74) is -0.144. The van der Waals surface area contributed by atoms with Crippen molar-refractivity contribution in [1.29, 1.82) is 0 Å². The number of nitrogens with one attached hydrogen (secondary N) is 1. The molecule has 1 amide bonds. The Bertz CT molecular complexity index is 308. The van der Waals surface area contributed by atoms with Crippen molar-refractivity contribution in [3.8, 4) is 0 Å². The van der Waals surface area contributed by atoms with Crippen molar-refractivity contribution >= 4 is 5.91 Å². The summed E-state index contributed by atoms with van der Waals surface area (Å²) in [5.74, 6) is 1.59. The number of carbonyl (C=O) groups excluding carboxylic acids is 1. The summed E-state index contributed by atoms with van der Waals surface area (Å²) in [7, 11) is 0. The molecule has 0 spiro atoms. The van der Waals surface area contributed by atoms with E-state index in [1.165, 1.54) is 0 Å². The van der Waals surface area contributed by atoms with E-state index in [1.807, 2.05) is 0 Å². The van der Waals surface area contributed by atoms with E-state index in [0.29, 0.717) is 17.9 Å². The summed E-state index contributed by atoms with van der Waals surface area (Å²) >= 11 is 0. The maximum absolute atomic E-state index is 13.0. The molecule has 0 radical (unpaired) electrons. The zero-order valence-corrected chi connectivity index (χ0v) is 12.3. The van der Waals surface area contributed by atoms with Crippen LogP contribution in [0.2, 0.25) is 0 Å². The topological polar surface area (TPSA) is 32.3 Å². The Labute approximate surface area is 111 Å². The molecule has 0 aliphatic carbocycles. The molecule has 3 unspecified atom stereocenters. The highest BCUT2D eigenvalue weighted by atomic mass is 16.2. The van der Waals surface area contributed by atoms with Gasteiger partial charge in [0.15, 0.2) is 0 Å². The van der Waals surface area contributed by atoms with Crippen LogP contribution in [0.15, 0.2) is 0 Å². The number of nitrogens with zero attached hydrogens (tertiary/aromatic N) is 1. The fraction of sp³-hybridized carbons (Fsp3) is 0.933. The van der Waals surface area contributed by atoms with Gasteiger partial charge in [0, 0.05) is 19.1 Å². The van der Waals surface area contributed by atoms with Crippen LogP contribution in [0, 0.1) is 17.3 Å². The molecule has 0 saturated carbocycles. The Balaban J connectivity index is 2.14. The molecule has 1 N–H and O–H groups in total. The van der Waals surface area contributed by atoms with E-state index in [2.05, 4.69) is 37.9 Å². The van der Waals surface area contributed by atoms with E-state index in [9.17, 15) is 4.79 Å². The third kappa shape index (κ3) is 2.29. The number of hydrogen-bond donors (Lipinski definition) is 1. The molecule has 3 nitrogen and oxygen atoms in total. The predicted molar refractivity (Wildman–Crippen MR) is 74.3 cm³/mol. The van der Waals surface area contributed by atoms with Crippen molar-refractivity contribution in [3.05, 3.63) is 0 Å². The lowest BCUT2D eigenvalue weighted by Crippen LogP contribution is -2.53. The maximum Gasteiger partial charge on any atom is 0.230 e. The van der Waals surface area contributed by atoms with Gasteiger partial charge in [-0.25, -0.2) is 0 Å². The summed E-state index contributed by atoms with van der Waals surface area (Å²) in [6.45, 7) is 11.7. The van der Waals surface area contributed by atoms with Crippen molar-refractivity contribution < 1.29 is 4.79 Å². The molecular weight excluding hydrogens is 224 g/mol. The third-order valence-electron chi connectivity index (χ3n) is 5.12. The summed E-state index contributed by atoms with van der Waals surface area (Å²) in [5, 5.41) is 3.39. The molecule has 2 fully saturated rings. The van der Waals surface area contributed by atoms with Crippen molar-refractivity contribution in [2.45, 2.75) is 53.0 Å². The fourth-order valence-corrected chi connectivity index (χ4v) is 3.63. The molecular formula is C15H28N2O. The Morgan fingerprint density at radius 3 is 2.61 bits per heavy atom. The number of rotatable bonds is 2. The summed E-state index contributed by atoms with van der Waals surface area (Å²) in [6.07, 6.45) is 3.33. The minimum Gasteiger partial charge on any atom is -0.339 e. The first-order chi connectivity index (χ1) is 8.47. The molecule has 2 rings (SSSR count). The van der Waals surface area contributed by atoms with Gasteiger partial charge in [0.2, 0.25) is 5.91 Å². The zero-order valence-electron chi connectivity index (χ0n) is 12.3. The van der Waals surface area contributed by atoms with Crippen LogP contribution in [-0.2, 0) is 4.79 Å². The van der Waals surface area contributed by atoms with Crippen LogP contribution in [0.5, 0.6) is 0 Å². The molecule has 0 bridgehead atoms. The minimum absolute atomic E-state index is 0.144. The molecule has 0 aromatic carbocycles. The highest BCUT2D eigenvalue weighted by Crippen LogP contribution is 2.38. The highest BCUT2D eigenvalue weighted by molar-refractivity contribution is 5.84. The maximum atomic E-state index is 13.0. The van der Waals surface area contributed by atoms with Crippen LogP contribution in [0.25, 0.3) is 0 Å². The first-order valence-electron chi connectivity index (χ1n) is 7.49. The van der Waals surface area contributed by atoms with E-state index in [1.54, 1.807) is 0 Å². The molecule has 3 atom stereocenters. The number of piperidine rings is 1. The molecule has 2 aliphatic rings. The lowest BCUT2D eigenvalue weighted by molar-refractivity contribution is -0.147. The lowest BCUT2D eigenvalue weighted by atomic mass is 9.74. The number of likely N-dealkylation sites (tertiary alicyclic amines) is 1. The first-order valence-corrected chi connectivity index (χ1v) is 7.49. The van der Waals surface area contributed by atoms with Crippen LogP contribution < -0.4 is 5.32 Å². The van der Waals surface area contributed by atoms with Gasteiger partial charge in [-0.1, -0.05) is 20.8 Å². The van der Waals surface area contributed by atoms with E-state index in [4.69, 9.17) is 0 Å². The Hall–Kier alpha value is -0.570. The van der Waals surface area contributed by atoms with Crippen molar-refractivity contribution in [2.24, 2.45) is 17.3 Å². The molecule has 0 aromatic rings. The van der Waals surface area contributed by atoms with E-state index < -0.39 is 0 Å². The lowest BCUT2D eigenvalue weighted by Gasteiger charge is -2.43. The molecule has 18 heavy (non-hydrogen) atoms. The van der Waals surface area contributed by atoms with Gasteiger partial charge < -0.3 is 10.2 Å². The second-order valence-electron chi connectivity index (χ2n) is 6.71. The minimum atomic E-state index is -0.144. The van der Waals surface area contributed by atoms with Crippen molar-refractivity contribution in [2.75, 3.05) is 19.6 Å². The standard InChI is InChI=1S/C15H28N2O/c1-11(2)15(6-7-16-10-15)14(18)17-8-5-12(3)9-13(17)4/h11-13,16H,5-10H2,1-4H3. The van der Waals surface area contributed by atoms with Crippen LogP contribution >= 0.6 is 0 Å². The molecule has 104 valence electrons. The largest absolute Gasteiger partial charge is 0.339 e. The van der Waals surface area contributed by atoms with Gasteiger partial charge in [-0.3, -0.25) is 4.79 Å². The third-order valence-corrected chi connectivity index (χ3v) is 5.12. The quantitative estimate of drug-likeness (QED) is 0.817. The van der Waals surface area contributed by atoms with Crippen LogP contribution in [0.4, 0.5) is 0 Å². The molecule has 2 heterocycles. The summed E-state index contributed by atoms with van der Waals surface area (Å²) in [4.78, 5) is 15.1. The Morgan fingerprint density at radius 1 is 1.39 bits per heavy atom. The fourth-order valence-electron chi connectivity index (χ4n) is 3.63. The number of hydrogen-bond acceptors (Lipinski definition) is 2. The smallest absolute Gasteiger partial charge is 0.230 e. The second-order valence-corrected chi connectivity index (χ2v) is 6.71. The Kier molecular flexibility index (Phi) is 4.00. The second kappa shape index (κ2) is 5.20. The van der Waals surface area contributed by atoms with Gasteiger partial charge >= 0.3 is 0 Å². The molecule has 2 saturated heterocycles. The highest BCUT2D eigenvalue weighted by Gasteiger charge is 2.47. The zero-order chi connectivity index (χ0) is 13.3. The monoisotopic (exact) mass is 252 g/mol. The van der Waals surface area contributed by atoms with Gasteiger partial charge in [-0.15, -0.1) is 0 Å². The van der Waals surface area contributed by atoms with E-state index >= 15 is 0 Å². The summed E-state index contributed by atoms with van der Waals surface area (Å²) in [6, 6.07) is 0.414. The van der Waals surface area contributed by atoms with Gasteiger partial charge in [-0.05, 0) is 44.6 Å². The van der Waals surface area contributed by atoms with Gasteiger partial charge in [0.25, 0.3) is 0 Å². The Morgan fingerprint density at radius 2 is 2.11 bits per heavy atom. The van der Waals surface area contributed by atoms with Crippen molar-refractivity contribution in [1.82, 2.24) is 10.2 Å². The van der Waals surface area contributed by atoms with E-state index in [0.717, 1.165) is 44.8 Å². The average molecular weight is 252 g/mol. The number of carbonyl (C=O) groups is 1. The molecule has 0 aromatic heterocycles.